The van der Waals surface area contributed by atoms with Crippen molar-refractivity contribution in [2.75, 3.05) is 0 Å². The van der Waals surface area contributed by atoms with Crippen molar-refractivity contribution >= 4 is 39.6 Å². The highest BCUT2D eigenvalue weighted by atomic mass is 35.5. The Kier molecular flexibility index (Phi) is 4.08. The number of aromatic amines is 1. The molecule has 2 atom stereocenters. The molecule has 7 nitrogen and oxygen atoms in total. The van der Waals surface area contributed by atoms with Gasteiger partial charge in [-0.2, -0.15) is 0 Å². The molecule has 1 unspecified atom stereocenters. The molecule has 3 aliphatic rings. The number of H-pyrrole nitrogens is 1. The van der Waals surface area contributed by atoms with Gasteiger partial charge < -0.3 is 14.7 Å². The molecule has 2 N–H and O–H groups in total. The molecule has 7 rings (SSSR count). The van der Waals surface area contributed by atoms with Gasteiger partial charge in [-0.1, -0.05) is 11.6 Å². The first-order chi connectivity index (χ1) is 15.0. The van der Waals surface area contributed by atoms with Gasteiger partial charge in [0.15, 0.2) is 5.82 Å². The SMILES string of the molecule is O=C(O)[C@@H]1C2CCC(CC2)C1n1cc(Cl)c2cnc(-c3c[nH]c4ncc(F)cc34)nc21. The fraction of sp³-hybridized carbons (Fsp3) is 0.364. The average molecular weight is 440 g/mol. The number of aliphatic carboxylic acids is 1. The normalized spacial score (nSPS) is 25.5. The average Bonchev–Trinajstić information content (AvgIpc) is 3.34. The topological polar surface area (TPSA) is 96.7 Å². The third kappa shape index (κ3) is 2.77. The monoisotopic (exact) mass is 439 g/mol. The molecule has 0 aromatic carbocycles. The molecule has 3 saturated carbocycles. The molecule has 4 aromatic heterocycles. The predicted molar refractivity (Wildman–Crippen MR) is 113 cm³/mol. The summed E-state index contributed by atoms with van der Waals surface area (Å²) in [6.45, 7) is 0. The molecular weight excluding hydrogens is 421 g/mol. The van der Waals surface area contributed by atoms with E-state index in [2.05, 4.69) is 15.0 Å². The van der Waals surface area contributed by atoms with Crippen LogP contribution in [0.4, 0.5) is 4.39 Å². The summed E-state index contributed by atoms with van der Waals surface area (Å²) in [5, 5.41) is 11.8. The van der Waals surface area contributed by atoms with Crippen LogP contribution in [0.2, 0.25) is 5.02 Å². The molecule has 3 fully saturated rings. The molecule has 0 amide bonds. The van der Waals surface area contributed by atoms with Crippen LogP contribution in [0.5, 0.6) is 0 Å². The zero-order valence-corrected chi connectivity index (χ0v) is 17.2. The van der Waals surface area contributed by atoms with Crippen LogP contribution < -0.4 is 0 Å². The maximum atomic E-state index is 13.8. The second-order valence-electron chi connectivity index (χ2n) is 8.60. The third-order valence-corrected chi connectivity index (χ3v) is 7.34. The molecule has 158 valence electrons. The van der Waals surface area contributed by atoms with Crippen LogP contribution >= 0.6 is 11.6 Å². The molecular formula is C22H19ClFN5O2. The molecule has 4 aromatic rings. The summed E-state index contributed by atoms with van der Waals surface area (Å²) < 4.78 is 15.7. The summed E-state index contributed by atoms with van der Waals surface area (Å²) >= 11 is 6.51. The molecule has 0 radical (unpaired) electrons. The minimum absolute atomic E-state index is 0.174. The molecule has 3 aliphatic carbocycles. The van der Waals surface area contributed by atoms with Gasteiger partial charge in [-0.15, -0.1) is 0 Å². The van der Waals surface area contributed by atoms with Crippen molar-refractivity contribution in [3.8, 4) is 11.4 Å². The molecule has 0 aliphatic heterocycles. The van der Waals surface area contributed by atoms with Gasteiger partial charge in [-0.3, -0.25) is 4.79 Å². The van der Waals surface area contributed by atoms with Crippen LogP contribution in [-0.4, -0.2) is 35.6 Å². The molecule has 9 heteroatoms. The van der Waals surface area contributed by atoms with Gasteiger partial charge in [0.25, 0.3) is 0 Å². The Morgan fingerprint density at radius 1 is 1.16 bits per heavy atom. The lowest BCUT2D eigenvalue weighted by Crippen LogP contribution is -2.44. The number of nitrogens with one attached hydrogen (secondary N) is 1. The first kappa shape index (κ1) is 18.7. The number of carbonyl (C=O) groups is 1. The van der Waals surface area contributed by atoms with Crippen molar-refractivity contribution in [2.45, 2.75) is 31.7 Å². The van der Waals surface area contributed by atoms with Crippen LogP contribution in [0.25, 0.3) is 33.5 Å². The lowest BCUT2D eigenvalue weighted by Gasteiger charge is -2.47. The standard InChI is InChI=1S/C22H19ClFN5O2/c23-16-9-29(18-11-3-1-10(2-4-11)17(18)22(30)31)21-15(16)8-27-20(28-21)14-7-26-19-13(14)5-12(24)6-25-19/h5-11,17-18H,1-4H2,(H,25,26)(H,30,31)/t10?,11?,17-,18?/m1/s1. The zero-order valence-electron chi connectivity index (χ0n) is 16.4. The summed E-state index contributed by atoms with van der Waals surface area (Å²) in [7, 11) is 0. The van der Waals surface area contributed by atoms with E-state index in [9.17, 15) is 14.3 Å². The zero-order chi connectivity index (χ0) is 21.3. The molecule has 31 heavy (non-hydrogen) atoms. The Hall–Kier alpha value is -3.00. The van der Waals surface area contributed by atoms with Crippen LogP contribution in [0.15, 0.2) is 30.9 Å². The van der Waals surface area contributed by atoms with Gasteiger partial charge in [0, 0.05) is 29.5 Å². The number of rotatable bonds is 3. The largest absolute Gasteiger partial charge is 0.481 e. The van der Waals surface area contributed by atoms with Crippen LogP contribution in [0.1, 0.15) is 31.7 Å². The highest BCUT2D eigenvalue weighted by Crippen LogP contribution is 2.52. The maximum absolute atomic E-state index is 13.8. The maximum Gasteiger partial charge on any atom is 0.308 e. The number of fused-ring (bicyclic) bond motifs is 5. The van der Waals surface area contributed by atoms with Gasteiger partial charge in [0.05, 0.1) is 28.6 Å². The van der Waals surface area contributed by atoms with Crippen molar-refractivity contribution in [3.63, 3.8) is 0 Å². The van der Waals surface area contributed by atoms with Gasteiger partial charge in [-0.05, 0) is 43.6 Å². The lowest BCUT2D eigenvalue weighted by molar-refractivity contribution is -0.151. The summed E-state index contributed by atoms with van der Waals surface area (Å²) in [4.78, 5) is 28.5. The summed E-state index contributed by atoms with van der Waals surface area (Å²) in [6.07, 6.45) is 10.3. The first-order valence-corrected chi connectivity index (χ1v) is 10.8. The van der Waals surface area contributed by atoms with E-state index in [1.54, 1.807) is 18.6 Å². The Morgan fingerprint density at radius 3 is 2.71 bits per heavy atom. The minimum Gasteiger partial charge on any atom is -0.481 e. The number of pyridine rings is 1. The number of carboxylic acids is 1. The van der Waals surface area contributed by atoms with Crippen molar-refractivity contribution in [1.29, 1.82) is 0 Å². The number of carboxylic acid groups (broad SMARTS) is 1. The second kappa shape index (κ2) is 6.75. The van der Waals surface area contributed by atoms with Gasteiger partial charge in [-0.25, -0.2) is 19.3 Å². The van der Waals surface area contributed by atoms with Gasteiger partial charge in [0.1, 0.15) is 17.1 Å². The van der Waals surface area contributed by atoms with Crippen LogP contribution in [-0.2, 0) is 4.79 Å². The fourth-order valence-corrected chi connectivity index (χ4v) is 5.91. The summed E-state index contributed by atoms with van der Waals surface area (Å²) in [5.74, 6) is -0.789. The number of hydrogen-bond donors (Lipinski definition) is 2. The fourth-order valence-electron chi connectivity index (χ4n) is 5.68. The Morgan fingerprint density at radius 2 is 1.94 bits per heavy atom. The van der Waals surface area contributed by atoms with Crippen molar-refractivity contribution in [3.05, 3.63) is 41.7 Å². The molecule has 2 bridgehead atoms. The molecule has 0 spiro atoms. The predicted octanol–water partition coefficient (Wildman–Crippen LogP) is 4.83. The van der Waals surface area contributed by atoms with E-state index in [0.717, 1.165) is 31.9 Å². The highest BCUT2D eigenvalue weighted by Gasteiger charge is 2.48. The van der Waals surface area contributed by atoms with Gasteiger partial charge >= 0.3 is 5.97 Å². The second-order valence-corrected chi connectivity index (χ2v) is 9.00. The Balaban J connectivity index is 1.53. The van der Waals surface area contributed by atoms with E-state index in [-0.39, 0.29) is 17.9 Å². The van der Waals surface area contributed by atoms with E-state index in [4.69, 9.17) is 16.6 Å². The molecule has 4 heterocycles. The van der Waals surface area contributed by atoms with E-state index >= 15 is 0 Å². The number of hydrogen-bond acceptors (Lipinski definition) is 4. The van der Waals surface area contributed by atoms with E-state index in [1.165, 1.54) is 6.07 Å². The van der Waals surface area contributed by atoms with E-state index in [0.29, 0.717) is 38.5 Å². The van der Waals surface area contributed by atoms with Crippen molar-refractivity contribution in [1.82, 2.24) is 24.5 Å². The van der Waals surface area contributed by atoms with Gasteiger partial charge in [0.2, 0.25) is 0 Å². The van der Waals surface area contributed by atoms with E-state index in [1.807, 2.05) is 4.57 Å². The number of nitrogens with zero attached hydrogens (tertiary/aromatic N) is 4. The van der Waals surface area contributed by atoms with Crippen LogP contribution in [0, 0.1) is 23.6 Å². The quantitative estimate of drug-likeness (QED) is 0.476. The number of halogens is 2. The summed E-state index contributed by atoms with van der Waals surface area (Å²) in [6, 6.07) is 1.21. The highest BCUT2D eigenvalue weighted by molar-refractivity contribution is 6.35. The van der Waals surface area contributed by atoms with Crippen LogP contribution in [0.3, 0.4) is 0 Å². The molecule has 0 saturated heterocycles. The third-order valence-electron chi connectivity index (χ3n) is 7.04. The summed E-state index contributed by atoms with van der Waals surface area (Å²) in [5.41, 5.74) is 1.79. The Labute approximate surface area is 181 Å². The van der Waals surface area contributed by atoms with Crippen molar-refractivity contribution in [2.24, 2.45) is 17.8 Å². The lowest BCUT2D eigenvalue weighted by atomic mass is 9.61. The van der Waals surface area contributed by atoms with Crippen molar-refractivity contribution < 1.29 is 14.3 Å². The van der Waals surface area contributed by atoms with E-state index < -0.39 is 17.7 Å². The Bertz CT molecular complexity index is 1340. The smallest absolute Gasteiger partial charge is 0.308 e. The minimum atomic E-state index is -0.759. The number of aromatic nitrogens is 5. The first-order valence-electron chi connectivity index (χ1n) is 10.4.